The largest absolute Gasteiger partial charge is 0.496 e. The number of carbonyl (C=O) groups is 3. The number of anilines is 2. The Morgan fingerprint density at radius 2 is 1.83 bits per heavy atom. The van der Waals surface area contributed by atoms with Gasteiger partial charge in [0.2, 0.25) is 0 Å². The molecule has 2 heterocycles. The minimum atomic E-state index is -0.760. The zero-order valence-corrected chi connectivity index (χ0v) is 21.3. The summed E-state index contributed by atoms with van der Waals surface area (Å²) >= 11 is 0. The summed E-state index contributed by atoms with van der Waals surface area (Å²) < 4.78 is 5.70. The number of hydrogen-bond acceptors (Lipinski definition) is 5. The Morgan fingerprint density at radius 3 is 2.46 bits per heavy atom. The molecule has 7 heteroatoms. The molecule has 2 aromatic rings. The molecule has 2 aliphatic rings. The summed E-state index contributed by atoms with van der Waals surface area (Å²) in [4.78, 5) is 42.0. The zero-order valence-electron chi connectivity index (χ0n) is 21.3. The lowest BCUT2D eigenvalue weighted by molar-refractivity contribution is -0.122. The highest BCUT2D eigenvalue weighted by molar-refractivity contribution is 6.39. The Labute approximate surface area is 206 Å². The fourth-order valence-electron chi connectivity index (χ4n) is 5.21. The van der Waals surface area contributed by atoms with Crippen molar-refractivity contribution in [2.45, 2.75) is 58.9 Å². The number of aryl methyl sites for hydroxylation is 1. The fourth-order valence-corrected chi connectivity index (χ4v) is 5.21. The number of benzene rings is 2. The van der Waals surface area contributed by atoms with Gasteiger partial charge in [-0.1, -0.05) is 31.5 Å². The first kappa shape index (κ1) is 24.5. The topological polar surface area (TPSA) is 79.0 Å². The van der Waals surface area contributed by atoms with Crippen LogP contribution in [0.4, 0.5) is 16.2 Å². The summed E-state index contributed by atoms with van der Waals surface area (Å²) in [6.07, 6.45) is 3.53. The van der Waals surface area contributed by atoms with Gasteiger partial charge in [-0.05, 0) is 69.4 Å². The predicted octanol–water partition coefficient (Wildman–Crippen LogP) is 5.17. The second kappa shape index (κ2) is 9.21. The number of urea groups is 1. The molecule has 2 aliphatic heterocycles. The number of barbiturate groups is 1. The van der Waals surface area contributed by atoms with Crippen LogP contribution < -0.4 is 19.9 Å². The molecule has 4 amide bonds. The van der Waals surface area contributed by atoms with E-state index < -0.39 is 17.8 Å². The van der Waals surface area contributed by atoms with E-state index in [0.29, 0.717) is 17.0 Å². The van der Waals surface area contributed by atoms with Crippen LogP contribution in [0, 0.1) is 6.92 Å². The number of fused-ring (bicyclic) bond motifs is 1. The Bertz CT molecular complexity index is 1210. The minimum absolute atomic E-state index is 0.00153. The molecule has 0 saturated carbocycles. The van der Waals surface area contributed by atoms with Gasteiger partial charge in [-0.3, -0.25) is 14.9 Å². The molecule has 184 valence electrons. The van der Waals surface area contributed by atoms with E-state index in [1.807, 2.05) is 31.2 Å². The molecular weight excluding hydrogens is 442 g/mol. The molecule has 1 fully saturated rings. The first-order valence-corrected chi connectivity index (χ1v) is 12.0. The van der Waals surface area contributed by atoms with Crippen LogP contribution in [-0.4, -0.2) is 37.0 Å². The number of imide groups is 2. The van der Waals surface area contributed by atoms with E-state index in [9.17, 15) is 14.4 Å². The summed E-state index contributed by atoms with van der Waals surface area (Å²) in [7, 11) is 1.58. The number of ether oxygens (including phenoxy) is 1. The fraction of sp³-hybridized carbons (Fsp3) is 0.393. The summed E-state index contributed by atoms with van der Waals surface area (Å²) in [5.41, 5.74) is 4.19. The molecule has 0 aromatic heterocycles. The summed E-state index contributed by atoms with van der Waals surface area (Å²) in [5, 5.41) is 2.30. The molecule has 0 radical (unpaired) electrons. The molecular formula is C28H33N3O4. The quantitative estimate of drug-likeness (QED) is 0.477. The van der Waals surface area contributed by atoms with Gasteiger partial charge in [-0.15, -0.1) is 0 Å². The summed E-state index contributed by atoms with van der Waals surface area (Å²) in [6, 6.07) is 10.3. The molecule has 0 aliphatic carbocycles. The van der Waals surface area contributed by atoms with Crippen molar-refractivity contribution in [3.8, 4) is 5.75 Å². The SMILES string of the molecule is CCCN1c2cc(OC)c(/C=C3/C(=O)NC(=O)N(c4ccc(C)cc4)C3=O)cc2C(C)CC1(C)C. The van der Waals surface area contributed by atoms with Crippen molar-refractivity contribution in [3.05, 3.63) is 58.7 Å². The van der Waals surface area contributed by atoms with Crippen molar-refractivity contribution in [2.75, 3.05) is 23.5 Å². The van der Waals surface area contributed by atoms with E-state index in [1.54, 1.807) is 19.2 Å². The van der Waals surface area contributed by atoms with Crippen molar-refractivity contribution >= 4 is 35.3 Å². The van der Waals surface area contributed by atoms with Gasteiger partial charge in [0.25, 0.3) is 11.8 Å². The van der Waals surface area contributed by atoms with Gasteiger partial charge in [0, 0.05) is 29.4 Å². The molecule has 7 nitrogen and oxygen atoms in total. The van der Waals surface area contributed by atoms with E-state index in [2.05, 4.69) is 37.9 Å². The summed E-state index contributed by atoms with van der Waals surface area (Å²) in [5.74, 6) is -0.520. The Hall–Kier alpha value is -3.61. The van der Waals surface area contributed by atoms with Crippen molar-refractivity contribution in [2.24, 2.45) is 0 Å². The first-order valence-electron chi connectivity index (χ1n) is 12.0. The van der Waals surface area contributed by atoms with Crippen LogP contribution in [0.2, 0.25) is 0 Å². The molecule has 1 unspecified atom stereocenters. The Morgan fingerprint density at radius 1 is 1.14 bits per heavy atom. The average Bonchev–Trinajstić information content (AvgIpc) is 2.80. The summed E-state index contributed by atoms with van der Waals surface area (Å²) in [6.45, 7) is 11.7. The third-order valence-corrected chi connectivity index (χ3v) is 6.88. The molecule has 2 aromatic carbocycles. The lowest BCUT2D eigenvalue weighted by Crippen LogP contribution is -2.54. The van der Waals surface area contributed by atoms with Gasteiger partial charge < -0.3 is 9.64 Å². The smallest absolute Gasteiger partial charge is 0.335 e. The van der Waals surface area contributed by atoms with Gasteiger partial charge in [0.15, 0.2) is 0 Å². The maximum Gasteiger partial charge on any atom is 0.335 e. The number of carbonyl (C=O) groups excluding carboxylic acids is 3. The number of amides is 4. The number of hydrogen-bond donors (Lipinski definition) is 1. The van der Waals surface area contributed by atoms with E-state index in [0.717, 1.165) is 41.1 Å². The van der Waals surface area contributed by atoms with Crippen molar-refractivity contribution in [1.82, 2.24) is 5.32 Å². The highest BCUT2D eigenvalue weighted by Crippen LogP contribution is 2.46. The number of rotatable bonds is 5. The molecule has 1 saturated heterocycles. The number of nitrogens with one attached hydrogen (secondary N) is 1. The standard InChI is InChI=1S/C28H33N3O4/c1-7-12-30-23-15-24(35-6)19(13-21(23)18(3)16-28(30,4)5)14-22-25(32)29-27(34)31(26(22)33)20-10-8-17(2)9-11-20/h8-11,13-15,18H,7,12,16H2,1-6H3,(H,29,32,34)/b22-14-. The number of nitrogens with zero attached hydrogens (tertiary/aromatic N) is 2. The second-order valence-electron chi connectivity index (χ2n) is 10.0. The van der Waals surface area contributed by atoms with Crippen LogP contribution in [0.5, 0.6) is 5.75 Å². The molecule has 0 bridgehead atoms. The second-order valence-corrected chi connectivity index (χ2v) is 10.0. The van der Waals surface area contributed by atoms with Gasteiger partial charge in [0.1, 0.15) is 11.3 Å². The van der Waals surface area contributed by atoms with Crippen molar-refractivity contribution in [3.63, 3.8) is 0 Å². The van der Waals surface area contributed by atoms with E-state index in [4.69, 9.17) is 4.74 Å². The van der Waals surface area contributed by atoms with Gasteiger partial charge in [-0.2, -0.15) is 0 Å². The van der Waals surface area contributed by atoms with Crippen LogP contribution in [0.15, 0.2) is 42.0 Å². The van der Waals surface area contributed by atoms with Crippen LogP contribution >= 0.6 is 0 Å². The predicted molar refractivity (Wildman–Crippen MR) is 138 cm³/mol. The third-order valence-electron chi connectivity index (χ3n) is 6.88. The van der Waals surface area contributed by atoms with E-state index in [1.165, 1.54) is 6.08 Å². The molecule has 35 heavy (non-hydrogen) atoms. The molecule has 1 atom stereocenters. The lowest BCUT2D eigenvalue weighted by Gasteiger charge is -2.48. The van der Waals surface area contributed by atoms with Crippen LogP contribution in [0.25, 0.3) is 6.08 Å². The number of methoxy groups -OCH3 is 1. The van der Waals surface area contributed by atoms with Gasteiger partial charge >= 0.3 is 6.03 Å². The van der Waals surface area contributed by atoms with Crippen LogP contribution in [0.1, 0.15) is 63.1 Å². The molecule has 4 rings (SSSR count). The van der Waals surface area contributed by atoms with Crippen LogP contribution in [0.3, 0.4) is 0 Å². The molecule has 0 spiro atoms. The average molecular weight is 476 g/mol. The Kier molecular flexibility index (Phi) is 6.45. The highest BCUT2D eigenvalue weighted by Gasteiger charge is 2.39. The van der Waals surface area contributed by atoms with Gasteiger partial charge in [-0.25, -0.2) is 9.69 Å². The van der Waals surface area contributed by atoms with E-state index >= 15 is 0 Å². The van der Waals surface area contributed by atoms with E-state index in [-0.39, 0.29) is 17.0 Å². The minimum Gasteiger partial charge on any atom is -0.496 e. The highest BCUT2D eigenvalue weighted by atomic mass is 16.5. The monoisotopic (exact) mass is 475 g/mol. The first-order chi connectivity index (χ1) is 16.6. The zero-order chi connectivity index (χ0) is 25.5. The normalized spacial score (nSPS) is 20.7. The molecule has 1 N–H and O–H groups in total. The van der Waals surface area contributed by atoms with Crippen molar-refractivity contribution < 1.29 is 19.1 Å². The maximum atomic E-state index is 13.3. The van der Waals surface area contributed by atoms with Crippen molar-refractivity contribution in [1.29, 1.82) is 0 Å². The third kappa shape index (κ3) is 4.43. The maximum absolute atomic E-state index is 13.3. The van der Waals surface area contributed by atoms with Crippen LogP contribution in [-0.2, 0) is 9.59 Å². The lowest BCUT2D eigenvalue weighted by atomic mass is 9.79. The van der Waals surface area contributed by atoms with Gasteiger partial charge in [0.05, 0.1) is 12.8 Å². The Balaban J connectivity index is 1.80.